The highest BCUT2D eigenvalue weighted by Gasteiger charge is 2.34. The summed E-state index contributed by atoms with van der Waals surface area (Å²) in [4.78, 5) is 14.4. The minimum absolute atomic E-state index is 0.144. The molecule has 3 aromatic rings. The molecular formula is C17H19F3N6OS2. The van der Waals surface area contributed by atoms with Crippen LogP contribution in [0.4, 0.5) is 19.0 Å². The van der Waals surface area contributed by atoms with Crippen LogP contribution in [0.1, 0.15) is 17.7 Å². The second-order valence-corrected chi connectivity index (χ2v) is 10.6. The van der Waals surface area contributed by atoms with Crippen LogP contribution in [-0.4, -0.2) is 48.7 Å². The van der Waals surface area contributed by atoms with Crippen LogP contribution in [0, 0.1) is 10.7 Å². The van der Waals surface area contributed by atoms with Crippen LogP contribution in [0.2, 0.25) is 0 Å². The third kappa shape index (κ3) is 4.37. The Morgan fingerprint density at radius 1 is 1.38 bits per heavy atom. The molecule has 3 aromatic heterocycles. The maximum absolute atomic E-state index is 13.0. The fourth-order valence-corrected chi connectivity index (χ4v) is 5.59. The SMILES string of the molecule is CS(=N)(=O)CC1CCCN(c2ccnc(-c3cnc4sc(C(F)(F)F)cn34)n2)C1. The van der Waals surface area contributed by atoms with E-state index >= 15 is 0 Å². The van der Waals surface area contributed by atoms with E-state index in [0.717, 1.165) is 25.6 Å². The van der Waals surface area contributed by atoms with E-state index in [1.54, 1.807) is 12.3 Å². The van der Waals surface area contributed by atoms with Crippen molar-refractivity contribution in [1.29, 1.82) is 4.78 Å². The number of thiazole rings is 1. The zero-order chi connectivity index (χ0) is 20.8. The van der Waals surface area contributed by atoms with Gasteiger partial charge in [0.15, 0.2) is 10.8 Å². The Hall–Kier alpha value is -2.21. The molecule has 2 unspecified atom stereocenters. The number of imidazole rings is 1. The zero-order valence-electron chi connectivity index (χ0n) is 15.5. The average molecular weight is 445 g/mol. The molecule has 156 valence electrons. The number of nitrogens with one attached hydrogen (secondary N) is 1. The minimum atomic E-state index is -4.43. The van der Waals surface area contributed by atoms with Crippen LogP contribution in [-0.2, 0) is 15.9 Å². The van der Waals surface area contributed by atoms with Crippen LogP contribution in [0.15, 0.2) is 24.7 Å². The number of aromatic nitrogens is 4. The predicted octanol–water partition coefficient (Wildman–Crippen LogP) is 3.76. The van der Waals surface area contributed by atoms with Crippen molar-refractivity contribution in [3.63, 3.8) is 0 Å². The lowest BCUT2D eigenvalue weighted by molar-refractivity contribution is -0.134. The van der Waals surface area contributed by atoms with Crippen molar-refractivity contribution < 1.29 is 17.4 Å². The van der Waals surface area contributed by atoms with E-state index in [1.807, 2.05) is 0 Å². The van der Waals surface area contributed by atoms with Gasteiger partial charge in [-0.2, -0.15) is 13.2 Å². The Morgan fingerprint density at radius 3 is 2.90 bits per heavy atom. The highest BCUT2D eigenvalue weighted by atomic mass is 32.2. The topological polar surface area (TPSA) is 87.2 Å². The largest absolute Gasteiger partial charge is 0.427 e. The Kier molecular flexibility index (Phi) is 5.01. The van der Waals surface area contributed by atoms with E-state index in [-0.39, 0.29) is 10.9 Å². The maximum Gasteiger partial charge on any atom is 0.427 e. The predicted molar refractivity (Wildman–Crippen MR) is 106 cm³/mol. The summed E-state index contributed by atoms with van der Waals surface area (Å²) in [6.45, 7) is 1.41. The standard InChI is InChI=1S/C17H19F3N6OS2/c1-29(21,27)10-11-3-2-6-25(8-11)14-4-5-22-15(24-14)12-7-23-16-26(12)9-13(28-16)17(18,19)20/h4-5,7,9,11,21H,2-3,6,8,10H2,1H3. The summed E-state index contributed by atoms with van der Waals surface area (Å²) < 4.78 is 59.9. The molecule has 4 heterocycles. The fraction of sp³-hybridized carbons (Fsp3) is 0.471. The van der Waals surface area contributed by atoms with Crippen LogP contribution >= 0.6 is 11.3 Å². The molecule has 1 aliphatic heterocycles. The van der Waals surface area contributed by atoms with E-state index in [9.17, 15) is 17.4 Å². The molecule has 12 heteroatoms. The second-order valence-electron chi connectivity index (χ2n) is 7.25. The van der Waals surface area contributed by atoms with E-state index in [1.165, 1.54) is 16.9 Å². The van der Waals surface area contributed by atoms with Gasteiger partial charge in [-0.05, 0) is 24.8 Å². The van der Waals surface area contributed by atoms with Crippen molar-refractivity contribution in [2.45, 2.75) is 19.0 Å². The quantitative estimate of drug-likeness (QED) is 0.662. The molecule has 29 heavy (non-hydrogen) atoms. The normalized spacial score (nSPS) is 20.1. The summed E-state index contributed by atoms with van der Waals surface area (Å²) in [6, 6.07) is 1.75. The lowest BCUT2D eigenvalue weighted by atomic mass is 10.0. The summed E-state index contributed by atoms with van der Waals surface area (Å²) >= 11 is 0.573. The molecule has 1 saturated heterocycles. The third-order valence-corrected chi connectivity index (χ3v) is 6.91. The van der Waals surface area contributed by atoms with Gasteiger partial charge in [-0.25, -0.2) is 15.0 Å². The molecule has 7 nitrogen and oxygen atoms in total. The number of piperidine rings is 1. The van der Waals surface area contributed by atoms with Gasteiger partial charge in [-0.1, -0.05) is 11.3 Å². The monoisotopic (exact) mass is 444 g/mol. The molecule has 0 aliphatic carbocycles. The molecule has 1 aliphatic rings. The van der Waals surface area contributed by atoms with Gasteiger partial charge < -0.3 is 4.90 Å². The van der Waals surface area contributed by atoms with Crippen molar-refractivity contribution >= 4 is 31.8 Å². The molecule has 0 saturated carbocycles. The summed E-state index contributed by atoms with van der Waals surface area (Å²) in [5.41, 5.74) is 0.393. The number of nitrogens with zero attached hydrogens (tertiary/aromatic N) is 5. The average Bonchev–Trinajstić information content (AvgIpc) is 3.21. The Labute approximate surface area is 169 Å². The summed E-state index contributed by atoms with van der Waals surface area (Å²) in [5.74, 6) is 1.45. The van der Waals surface area contributed by atoms with Crippen LogP contribution < -0.4 is 4.90 Å². The molecule has 1 fully saturated rings. The molecule has 0 spiro atoms. The van der Waals surface area contributed by atoms with Crippen molar-refractivity contribution in [1.82, 2.24) is 19.4 Å². The molecule has 4 rings (SSSR count). The van der Waals surface area contributed by atoms with E-state index in [2.05, 4.69) is 19.9 Å². The zero-order valence-corrected chi connectivity index (χ0v) is 17.1. The fourth-order valence-electron chi connectivity index (χ4n) is 3.59. The van der Waals surface area contributed by atoms with Gasteiger partial charge in [0.1, 0.15) is 16.4 Å². The van der Waals surface area contributed by atoms with Gasteiger partial charge in [0.25, 0.3) is 0 Å². The summed E-state index contributed by atoms with van der Waals surface area (Å²) in [5, 5.41) is 0. The highest BCUT2D eigenvalue weighted by molar-refractivity contribution is 7.91. The van der Waals surface area contributed by atoms with Crippen molar-refractivity contribution in [3.8, 4) is 11.5 Å². The number of hydrogen-bond donors (Lipinski definition) is 1. The van der Waals surface area contributed by atoms with Crippen LogP contribution in [0.5, 0.6) is 0 Å². The van der Waals surface area contributed by atoms with Gasteiger partial charge in [-0.15, -0.1) is 0 Å². The van der Waals surface area contributed by atoms with Crippen molar-refractivity contribution in [2.24, 2.45) is 5.92 Å². The number of halogens is 3. The number of rotatable bonds is 4. The first-order valence-electron chi connectivity index (χ1n) is 8.94. The maximum atomic E-state index is 13.0. The first-order chi connectivity index (χ1) is 13.6. The third-order valence-electron chi connectivity index (χ3n) is 4.76. The summed E-state index contributed by atoms with van der Waals surface area (Å²) in [6.07, 6.45) is 2.90. The van der Waals surface area contributed by atoms with E-state index < -0.39 is 20.8 Å². The molecule has 0 bridgehead atoms. The van der Waals surface area contributed by atoms with Crippen molar-refractivity contribution in [3.05, 3.63) is 29.5 Å². The molecule has 2 atom stereocenters. The first-order valence-corrected chi connectivity index (χ1v) is 11.9. The molecular weight excluding hydrogens is 425 g/mol. The minimum Gasteiger partial charge on any atom is -0.356 e. The number of alkyl halides is 3. The van der Waals surface area contributed by atoms with E-state index in [0.29, 0.717) is 41.0 Å². The van der Waals surface area contributed by atoms with Gasteiger partial charge in [0.2, 0.25) is 0 Å². The number of anilines is 1. The molecule has 0 radical (unpaired) electrons. The van der Waals surface area contributed by atoms with Gasteiger partial charge >= 0.3 is 6.18 Å². The van der Waals surface area contributed by atoms with Crippen LogP contribution in [0.25, 0.3) is 16.5 Å². The molecule has 1 N–H and O–H groups in total. The number of hydrogen-bond acceptors (Lipinski definition) is 7. The Balaban J connectivity index is 1.62. The lowest BCUT2D eigenvalue weighted by Gasteiger charge is -2.33. The molecule has 0 aromatic carbocycles. The second kappa shape index (κ2) is 7.24. The van der Waals surface area contributed by atoms with Crippen molar-refractivity contribution in [2.75, 3.05) is 30.0 Å². The lowest BCUT2D eigenvalue weighted by Crippen LogP contribution is -2.38. The Morgan fingerprint density at radius 2 is 2.17 bits per heavy atom. The number of fused-ring (bicyclic) bond motifs is 1. The summed E-state index contributed by atoms with van der Waals surface area (Å²) in [7, 11) is -2.57. The van der Waals surface area contributed by atoms with Gasteiger partial charge in [-0.3, -0.25) is 13.4 Å². The highest BCUT2D eigenvalue weighted by Crippen LogP contribution is 2.36. The smallest absolute Gasteiger partial charge is 0.356 e. The van der Waals surface area contributed by atoms with Crippen LogP contribution in [0.3, 0.4) is 0 Å². The van der Waals surface area contributed by atoms with Gasteiger partial charge in [0.05, 0.1) is 6.20 Å². The van der Waals surface area contributed by atoms with E-state index in [4.69, 9.17) is 4.78 Å². The Bertz CT molecular complexity index is 1140. The molecule has 0 amide bonds. The first kappa shape index (κ1) is 20.1. The van der Waals surface area contributed by atoms with Gasteiger partial charge in [0, 0.05) is 47.2 Å².